The summed E-state index contributed by atoms with van der Waals surface area (Å²) in [5, 5.41) is 34.3. The molecule has 0 aliphatic rings. The van der Waals surface area contributed by atoms with Crippen LogP contribution in [0.5, 0.6) is 0 Å². The molecule has 0 bridgehead atoms. The lowest BCUT2D eigenvalue weighted by molar-refractivity contribution is 0.178. The molecule has 0 atom stereocenters. The second-order valence-corrected chi connectivity index (χ2v) is 7.34. The van der Waals surface area contributed by atoms with E-state index >= 15 is 0 Å². The zero-order valence-corrected chi connectivity index (χ0v) is 18.7. The highest BCUT2D eigenvalue weighted by molar-refractivity contribution is 5.71. The molecule has 0 radical (unpaired) electrons. The Balaban J connectivity index is 2.02. The number of hydrogen-bond donors (Lipinski definition) is 3. The quantitative estimate of drug-likeness (QED) is 0.433. The summed E-state index contributed by atoms with van der Waals surface area (Å²) in [6.07, 6.45) is 3.19. The fourth-order valence-electron chi connectivity index (χ4n) is 3.41. The number of methoxy groups -OCH3 is 1. The number of nitrogens with one attached hydrogen (secondary N) is 2. The van der Waals surface area contributed by atoms with Gasteiger partial charge in [-0.05, 0) is 73.0 Å². The molecule has 1 aromatic heterocycles. The lowest BCUT2D eigenvalue weighted by Crippen LogP contribution is -2.11. The predicted molar refractivity (Wildman–Crippen MR) is 127 cm³/mol. The molecular weight excluding hydrogens is 416 g/mol. The summed E-state index contributed by atoms with van der Waals surface area (Å²) in [4.78, 5) is 9.12. The van der Waals surface area contributed by atoms with Crippen LogP contribution in [-0.2, 0) is 18.0 Å². The van der Waals surface area contributed by atoms with Crippen LogP contribution in [0.2, 0.25) is 0 Å². The van der Waals surface area contributed by atoms with Crippen LogP contribution in [0.3, 0.4) is 0 Å². The standard InChI is InChI=1S/C25H24N6O2/c1-16-11-19(5-4-10-26)12-17(2)23(16)30-24-21(14-32)22(15-33-3)29-25(31-24)28-20-8-6-18(13-27)7-9-20/h4-9,11-12,32H,14-15H2,1-3H3,(H2,28,29,30,31)/b5-4+. The first kappa shape index (κ1) is 23.4. The number of hydrogen-bond acceptors (Lipinski definition) is 8. The van der Waals surface area contributed by atoms with Crippen molar-refractivity contribution in [1.82, 2.24) is 9.97 Å². The highest BCUT2D eigenvalue weighted by Gasteiger charge is 2.16. The number of rotatable bonds is 8. The van der Waals surface area contributed by atoms with Crippen LogP contribution in [0.25, 0.3) is 6.08 Å². The smallest absolute Gasteiger partial charge is 0.229 e. The third-order valence-corrected chi connectivity index (χ3v) is 4.95. The molecule has 3 N–H and O–H groups in total. The monoisotopic (exact) mass is 440 g/mol. The van der Waals surface area contributed by atoms with Gasteiger partial charge in [0.1, 0.15) is 5.82 Å². The van der Waals surface area contributed by atoms with Crippen molar-refractivity contribution in [3.63, 3.8) is 0 Å². The Kier molecular flexibility index (Phi) is 7.72. The molecule has 0 amide bonds. The summed E-state index contributed by atoms with van der Waals surface area (Å²) < 4.78 is 5.28. The lowest BCUT2D eigenvalue weighted by Gasteiger charge is -2.18. The maximum Gasteiger partial charge on any atom is 0.229 e. The van der Waals surface area contributed by atoms with E-state index in [9.17, 15) is 5.11 Å². The minimum absolute atomic E-state index is 0.199. The number of ether oxygens (including phenoxy) is 1. The Labute approximate surface area is 192 Å². The molecule has 0 saturated carbocycles. The Morgan fingerprint density at radius 2 is 1.76 bits per heavy atom. The molecule has 0 aliphatic carbocycles. The molecule has 166 valence electrons. The van der Waals surface area contributed by atoms with Crippen LogP contribution < -0.4 is 10.6 Å². The molecule has 8 nitrogen and oxygen atoms in total. The number of allylic oxidation sites excluding steroid dienone is 1. The molecule has 3 rings (SSSR count). The van der Waals surface area contributed by atoms with Gasteiger partial charge in [-0.1, -0.05) is 0 Å². The minimum Gasteiger partial charge on any atom is -0.391 e. The second-order valence-electron chi connectivity index (χ2n) is 7.34. The Morgan fingerprint density at radius 1 is 1.06 bits per heavy atom. The summed E-state index contributed by atoms with van der Waals surface area (Å²) in [5.74, 6) is 0.789. The fourth-order valence-corrected chi connectivity index (χ4v) is 3.41. The van der Waals surface area contributed by atoms with Crippen molar-refractivity contribution in [2.45, 2.75) is 27.1 Å². The zero-order valence-electron chi connectivity index (χ0n) is 18.7. The van der Waals surface area contributed by atoms with E-state index < -0.39 is 0 Å². The van der Waals surface area contributed by atoms with Crippen LogP contribution in [-0.4, -0.2) is 22.2 Å². The van der Waals surface area contributed by atoms with Gasteiger partial charge in [-0.3, -0.25) is 0 Å². The topological polar surface area (TPSA) is 127 Å². The number of anilines is 4. The Bertz CT molecular complexity index is 1230. The van der Waals surface area contributed by atoms with Gasteiger partial charge in [0, 0.05) is 30.1 Å². The maximum absolute atomic E-state index is 10.1. The first-order valence-corrected chi connectivity index (χ1v) is 10.2. The molecule has 0 fully saturated rings. The highest BCUT2D eigenvalue weighted by Crippen LogP contribution is 2.30. The Hall–Kier alpha value is -4.24. The van der Waals surface area contributed by atoms with E-state index in [2.05, 4.69) is 26.7 Å². The van der Waals surface area contributed by atoms with Gasteiger partial charge < -0.3 is 20.5 Å². The zero-order chi connectivity index (χ0) is 23.8. The average molecular weight is 441 g/mol. The number of aryl methyl sites for hydroxylation is 2. The third-order valence-electron chi connectivity index (χ3n) is 4.95. The summed E-state index contributed by atoms with van der Waals surface area (Å²) in [6.45, 7) is 3.86. The predicted octanol–water partition coefficient (Wildman–Crippen LogP) is 4.63. The molecule has 1 heterocycles. The molecule has 8 heteroatoms. The Morgan fingerprint density at radius 3 is 2.33 bits per heavy atom. The van der Waals surface area contributed by atoms with Crippen LogP contribution in [0, 0.1) is 36.5 Å². The van der Waals surface area contributed by atoms with Gasteiger partial charge in [-0.25, -0.2) is 4.98 Å². The minimum atomic E-state index is -0.265. The normalized spacial score (nSPS) is 10.6. The molecular formula is C25H24N6O2. The van der Waals surface area contributed by atoms with E-state index in [1.165, 1.54) is 6.08 Å². The van der Waals surface area contributed by atoms with Crippen LogP contribution >= 0.6 is 0 Å². The van der Waals surface area contributed by atoms with E-state index in [4.69, 9.17) is 15.3 Å². The van der Waals surface area contributed by atoms with Crippen molar-refractivity contribution in [3.05, 3.63) is 76.0 Å². The second kappa shape index (κ2) is 10.9. The lowest BCUT2D eigenvalue weighted by atomic mass is 10.0. The summed E-state index contributed by atoms with van der Waals surface area (Å²) in [7, 11) is 1.56. The summed E-state index contributed by atoms with van der Waals surface area (Å²) in [6, 6.07) is 15.0. The number of aliphatic hydroxyl groups is 1. The van der Waals surface area contributed by atoms with Crippen molar-refractivity contribution in [3.8, 4) is 12.1 Å². The van der Waals surface area contributed by atoms with Crippen LogP contribution in [0.4, 0.5) is 23.1 Å². The third kappa shape index (κ3) is 5.72. The summed E-state index contributed by atoms with van der Waals surface area (Å²) >= 11 is 0. The molecule has 0 aliphatic heterocycles. The number of benzene rings is 2. The number of aliphatic hydroxyl groups excluding tert-OH is 1. The van der Waals surface area contributed by atoms with Crippen molar-refractivity contribution in [2.75, 3.05) is 17.7 Å². The highest BCUT2D eigenvalue weighted by atomic mass is 16.5. The molecule has 0 saturated heterocycles. The van der Waals surface area contributed by atoms with Crippen molar-refractivity contribution in [1.29, 1.82) is 10.5 Å². The van der Waals surface area contributed by atoms with Gasteiger partial charge in [0.05, 0.1) is 36.6 Å². The van der Waals surface area contributed by atoms with Gasteiger partial charge in [0.15, 0.2) is 0 Å². The number of nitrogens with zero attached hydrogens (tertiary/aromatic N) is 4. The average Bonchev–Trinajstić information content (AvgIpc) is 2.80. The van der Waals surface area contributed by atoms with Gasteiger partial charge in [-0.2, -0.15) is 15.5 Å². The van der Waals surface area contributed by atoms with Crippen molar-refractivity contribution >= 4 is 29.2 Å². The van der Waals surface area contributed by atoms with Gasteiger partial charge >= 0.3 is 0 Å². The first-order valence-electron chi connectivity index (χ1n) is 10.2. The van der Waals surface area contributed by atoms with E-state index in [1.54, 1.807) is 37.5 Å². The number of aromatic nitrogens is 2. The van der Waals surface area contributed by atoms with Gasteiger partial charge in [0.25, 0.3) is 0 Å². The van der Waals surface area contributed by atoms with Crippen molar-refractivity contribution in [2.24, 2.45) is 0 Å². The molecule has 0 unspecified atom stereocenters. The number of nitriles is 2. The van der Waals surface area contributed by atoms with Crippen LogP contribution in [0.1, 0.15) is 33.5 Å². The van der Waals surface area contributed by atoms with E-state index in [0.29, 0.717) is 28.6 Å². The summed E-state index contributed by atoms with van der Waals surface area (Å²) in [5.41, 5.74) is 6.07. The van der Waals surface area contributed by atoms with Crippen LogP contribution in [0.15, 0.2) is 42.5 Å². The van der Waals surface area contributed by atoms with Crippen molar-refractivity contribution < 1.29 is 9.84 Å². The van der Waals surface area contributed by atoms with Gasteiger partial charge in [0.2, 0.25) is 5.95 Å². The van der Waals surface area contributed by atoms with E-state index in [0.717, 1.165) is 28.1 Å². The van der Waals surface area contributed by atoms with E-state index in [-0.39, 0.29) is 13.2 Å². The molecule has 3 aromatic rings. The van der Waals surface area contributed by atoms with E-state index in [1.807, 2.05) is 32.0 Å². The molecule has 2 aromatic carbocycles. The SMILES string of the molecule is COCc1nc(Nc2ccc(C#N)cc2)nc(Nc2c(C)cc(/C=C/C#N)cc2C)c1CO. The first-order chi connectivity index (χ1) is 16.0. The van der Waals surface area contributed by atoms with Gasteiger partial charge in [-0.15, -0.1) is 0 Å². The molecule has 33 heavy (non-hydrogen) atoms. The maximum atomic E-state index is 10.1. The molecule has 0 spiro atoms. The fraction of sp³-hybridized carbons (Fsp3) is 0.200. The largest absolute Gasteiger partial charge is 0.391 e.